The van der Waals surface area contributed by atoms with Gasteiger partial charge in [-0.1, -0.05) is 36.4 Å². The lowest BCUT2D eigenvalue weighted by molar-refractivity contribution is 0.117. The Hall–Kier alpha value is -0.733. The van der Waals surface area contributed by atoms with Crippen LogP contribution >= 0.6 is 12.4 Å². The van der Waals surface area contributed by atoms with Crippen molar-refractivity contribution in [1.29, 1.82) is 0 Å². The smallest absolute Gasteiger partial charge is 0.377 e. The third-order valence-corrected chi connectivity index (χ3v) is 7.01. The van der Waals surface area contributed by atoms with E-state index in [-0.39, 0.29) is 18.4 Å². The fourth-order valence-corrected chi connectivity index (χ4v) is 4.71. The van der Waals surface area contributed by atoms with Gasteiger partial charge in [0, 0.05) is 27.4 Å². The van der Waals surface area contributed by atoms with Crippen molar-refractivity contribution in [3.05, 3.63) is 48.6 Å². The minimum Gasteiger partial charge on any atom is -0.377 e. The summed E-state index contributed by atoms with van der Waals surface area (Å²) < 4.78 is 16.6. The van der Waals surface area contributed by atoms with E-state index in [2.05, 4.69) is 24.0 Å². The number of benzene rings is 1. The molecule has 0 heterocycles. The zero-order valence-corrected chi connectivity index (χ0v) is 16.7. The van der Waals surface area contributed by atoms with Gasteiger partial charge in [-0.25, -0.2) is 0 Å². The van der Waals surface area contributed by atoms with E-state index < -0.39 is 8.80 Å². The summed E-state index contributed by atoms with van der Waals surface area (Å²) in [6.45, 7) is 5.35. The fraction of sp³-hybridized carbons (Fsp3) is 0.529. The Kier molecular flexibility index (Phi) is 12.2. The van der Waals surface area contributed by atoms with Crippen molar-refractivity contribution < 1.29 is 13.3 Å². The van der Waals surface area contributed by atoms with Crippen LogP contribution in [0.1, 0.15) is 18.0 Å². The van der Waals surface area contributed by atoms with Gasteiger partial charge in [0.15, 0.2) is 0 Å². The number of hydrogen-bond acceptors (Lipinski definition) is 5. The van der Waals surface area contributed by atoms with Crippen molar-refractivity contribution in [3.8, 4) is 0 Å². The average molecular weight is 375 g/mol. The van der Waals surface area contributed by atoms with Gasteiger partial charge in [0.25, 0.3) is 0 Å². The van der Waals surface area contributed by atoms with Crippen molar-refractivity contribution in [2.75, 3.05) is 34.4 Å². The number of halogens is 1. The van der Waals surface area contributed by atoms with E-state index in [1.165, 1.54) is 5.56 Å². The molecule has 2 atom stereocenters. The molecular formula is C17H31ClN2O3Si. The van der Waals surface area contributed by atoms with E-state index in [9.17, 15) is 0 Å². The maximum absolute atomic E-state index is 5.77. The monoisotopic (exact) mass is 374 g/mol. The molecule has 24 heavy (non-hydrogen) atoms. The number of hydrogen-bond donors (Lipinski definition) is 2. The van der Waals surface area contributed by atoms with Crippen molar-refractivity contribution in [1.82, 2.24) is 5.32 Å². The summed E-state index contributed by atoms with van der Waals surface area (Å²) in [6, 6.07) is 11.1. The minimum atomic E-state index is -2.60. The van der Waals surface area contributed by atoms with Gasteiger partial charge in [-0.15, -0.1) is 19.0 Å². The zero-order valence-electron chi connectivity index (χ0n) is 14.9. The van der Waals surface area contributed by atoms with Crippen LogP contribution in [0.3, 0.4) is 0 Å². The molecule has 1 rings (SSSR count). The summed E-state index contributed by atoms with van der Waals surface area (Å²) in [5.41, 5.74) is 6.96. The molecule has 0 aliphatic heterocycles. The van der Waals surface area contributed by atoms with Crippen molar-refractivity contribution in [2.45, 2.75) is 18.5 Å². The van der Waals surface area contributed by atoms with Crippen LogP contribution in [0.15, 0.2) is 43.0 Å². The highest BCUT2D eigenvalue weighted by atomic mass is 35.5. The Labute approximate surface area is 153 Å². The molecule has 1 aromatic carbocycles. The topological polar surface area (TPSA) is 65.7 Å². The standard InChI is InChI=1S/C17H30N2O3Si.ClH/c1-5-17(16-9-7-6-8-10-16)19-13-15(11-12-18)14-23(20-2,21-3)22-4;/h5-10,15,17,19H,1,11-14,18H2,2-4H3;1H. The van der Waals surface area contributed by atoms with Gasteiger partial charge >= 0.3 is 8.80 Å². The van der Waals surface area contributed by atoms with Crippen LogP contribution < -0.4 is 11.1 Å². The Bertz CT molecular complexity index is 438. The Balaban J connectivity index is 0.00000529. The highest BCUT2D eigenvalue weighted by Gasteiger charge is 2.40. The normalized spacial score (nSPS) is 13.8. The molecule has 0 aromatic heterocycles. The first-order valence-electron chi connectivity index (χ1n) is 7.91. The van der Waals surface area contributed by atoms with Gasteiger partial charge < -0.3 is 24.3 Å². The summed E-state index contributed by atoms with van der Waals surface area (Å²) >= 11 is 0. The largest absolute Gasteiger partial charge is 0.500 e. The van der Waals surface area contributed by atoms with Gasteiger partial charge in [0.05, 0.1) is 6.04 Å². The lowest BCUT2D eigenvalue weighted by Gasteiger charge is -2.29. The molecule has 0 fully saturated rings. The molecule has 0 saturated carbocycles. The highest BCUT2D eigenvalue weighted by Crippen LogP contribution is 2.22. The third-order valence-electron chi connectivity index (χ3n) is 4.07. The van der Waals surface area contributed by atoms with Gasteiger partial charge in [0.2, 0.25) is 0 Å². The van der Waals surface area contributed by atoms with Gasteiger partial charge in [0.1, 0.15) is 0 Å². The fourth-order valence-electron chi connectivity index (χ4n) is 2.66. The first-order chi connectivity index (χ1) is 11.1. The quantitative estimate of drug-likeness (QED) is 0.435. The lowest BCUT2D eigenvalue weighted by atomic mass is 10.0. The molecule has 0 spiro atoms. The summed E-state index contributed by atoms with van der Waals surface area (Å²) in [7, 11) is 2.32. The van der Waals surface area contributed by atoms with E-state index in [0.717, 1.165) is 19.0 Å². The first-order valence-corrected chi connectivity index (χ1v) is 9.84. The highest BCUT2D eigenvalue weighted by molar-refractivity contribution is 6.60. The van der Waals surface area contributed by atoms with Crippen LogP contribution in [-0.4, -0.2) is 43.2 Å². The number of nitrogens with one attached hydrogen (secondary N) is 1. The van der Waals surface area contributed by atoms with Crippen molar-refractivity contribution in [3.63, 3.8) is 0 Å². The summed E-state index contributed by atoms with van der Waals surface area (Å²) in [5.74, 6) is 0.317. The average Bonchev–Trinajstić information content (AvgIpc) is 2.61. The summed E-state index contributed by atoms with van der Waals surface area (Å²) in [4.78, 5) is 0. The second-order valence-electron chi connectivity index (χ2n) is 5.48. The van der Waals surface area contributed by atoms with E-state index in [4.69, 9.17) is 19.0 Å². The second kappa shape index (κ2) is 12.6. The maximum atomic E-state index is 5.77. The summed E-state index contributed by atoms with van der Waals surface area (Å²) in [6.07, 6.45) is 2.80. The molecule has 1 aromatic rings. The van der Waals surface area contributed by atoms with Crippen molar-refractivity contribution >= 4 is 21.2 Å². The van der Waals surface area contributed by atoms with Crippen LogP contribution in [-0.2, 0) is 13.3 Å². The Morgan fingerprint density at radius 2 is 1.75 bits per heavy atom. The molecule has 0 amide bonds. The molecule has 0 bridgehead atoms. The van der Waals surface area contributed by atoms with Crippen LogP contribution in [0.5, 0.6) is 0 Å². The van der Waals surface area contributed by atoms with E-state index in [1.54, 1.807) is 21.3 Å². The predicted molar refractivity (Wildman–Crippen MR) is 103 cm³/mol. The predicted octanol–water partition coefficient (Wildman–Crippen LogP) is 2.77. The van der Waals surface area contributed by atoms with Crippen LogP contribution in [0, 0.1) is 5.92 Å². The molecule has 5 nitrogen and oxygen atoms in total. The number of rotatable bonds is 12. The molecule has 0 aliphatic rings. The molecule has 138 valence electrons. The molecule has 7 heteroatoms. The van der Waals surface area contributed by atoms with Crippen molar-refractivity contribution in [2.24, 2.45) is 11.7 Å². The van der Waals surface area contributed by atoms with Gasteiger partial charge in [-0.2, -0.15) is 0 Å². The molecule has 0 radical (unpaired) electrons. The molecule has 3 N–H and O–H groups in total. The zero-order chi connectivity index (χ0) is 17.1. The van der Waals surface area contributed by atoms with E-state index in [0.29, 0.717) is 12.5 Å². The molecule has 0 aliphatic carbocycles. The lowest BCUT2D eigenvalue weighted by Crippen LogP contribution is -2.46. The third kappa shape index (κ3) is 7.02. The maximum Gasteiger partial charge on any atom is 0.500 e. The second-order valence-corrected chi connectivity index (χ2v) is 8.47. The van der Waals surface area contributed by atoms with E-state index in [1.807, 2.05) is 24.3 Å². The Morgan fingerprint density at radius 3 is 2.21 bits per heavy atom. The van der Waals surface area contributed by atoms with Gasteiger partial charge in [-0.05, 0) is 31.0 Å². The van der Waals surface area contributed by atoms with E-state index >= 15 is 0 Å². The van der Waals surface area contributed by atoms with Crippen LogP contribution in [0.25, 0.3) is 0 Å². The SMILES string of the molecule is C=CC(NCC(CCN)C[Si](OC)(OC)OC)c1ccccc1.Cl. The molecular weight excluding hydrogens is 344 g/mol. The first kappa shape index (κ1) is 23.3. The van der Waals surface area contributed by atoms with Gasteiger partial charge in [-0.3, -0.25) is 0 Å². The molecule has 2 unspecified atom stereocenters. The summed E-state index contributed by atoms with van der Waals surface area (Å²) in [5, 5.41) is 3.55. The Morgan fingerprint density at radius 1 is 1.17 bits per heavy atom. The van der Waals surface area contributed by atoms with Crippen LogP contribution in [0.2, 0.25) is 6.04 Å². The van der Waals surface area contributed by atoms with Crippen LogP contribution in [0.4, 0.5) is 0 Å². The number of nitrogens with two attached hydrogens (primary N) is 1. The molecule has 0 saturated heterocycles. The minimum absolute atomic E-state index is 0.